The first-order valence-corrected chi connectivity index (χ1v) is 7.25. The lowest BCUT2D eigenvalue weighted by Gasteiger charge is -2.19. The Kier molecular flexibility index (Phi) is 3.87. The van der Waals surface area contributed by atoms with Crippen LogP contribution in [0.5, 0.6) is 0 Å². The largest absolute Gasteiger partial charge is 0.324 e. The lowest BCUT2D eigenvalue weighted by molar-refractivity contribution is -0.117. The molecule has 0 fully saturated rings. The smallest absolute Gasteiger partial charge is 0.230 e. The van der Waals surface area contributed by atoms with Gasteiger partial charge in [-0.1, -0.05) is 18.2 Å². The molecular formula is C17H17N3O2. The number of carbonyl (C=O) groups is 2. The van der Waals surface area contributed by atoms with E-state index < -0.39 is 0 Å². The van der Waals surface area contributed by atoms with Crippen molar-refractivity contribution in [3.8, 4) is 0 Å². The molecule has 3 rings (SSSR count). The van der Waals surface area contributed by atoms with E-state index in [9.17, 15) is 9.59 Å². The molecule has 1 N–H and O–H groups in total. The van der Waals surface area contributed by atoms with Crippen LogP contribution in [0.2, 0.25) is 0 Å². The summed E-state index contributed by atoms with van der Waals surface area (Å²) in [5.41, 5.74) is 3.32. The number of fused-ring (bicyclic) bond motifs is 1. The highest BCUT2D eigenvalue weighted by Gasteiger charge is 2.25. The van der Waals surface area contributed by atoms with E-state index in [2.05, 4.69) is 10.3 Å². The van der Waals surface area contributed by atoms with Crippen LogP contribution in [0.3, 0.4) is 0 Å². The van der Waals surface area contributed by atoms with Gasteiger partial charge in [0.25, 0.3) is 0 Å². The molecule has 0 atom stereocenters. The lowest BCUT2D eigenvalue weighted by atomic mass is 10.1. The number of nitrogens with one attached hydrogen (secondary N) is 1. The van der Waals surface area contributed by atoms with E-state index in [4.69, 9.17) is 0 Å². The van der Waals surface area contributed by atoms with Gasteiger partial charge in [0.15, 0.2) is 0 Å². The van der Waals surface area contributed by atoms with Gasteiger partial charge in [-0.3, -0.25) is 14.6 Å². The fraction of sp³-hybridized carbons (Fsp3) is 0.235. The van der Waals surface area contributed by atoms with Crippen LogP contribution in [0.1, 0.15) is 18.2 Å². The molecule has 22 heavy (non-hydrogen) atoms. The van der Waals surface area contributed by atoms with Crippen molar-refractivity contribution in [1.82, 2.24) is 4.98 Å². The summed E-state index contributed by atoms with van der Waals surface area (Å²) in [5.74, 6) is -0.146. The first kappa shape index (κ1) is 14.3. The average Bonchev–Trinajstić information content (AvgIpc) is 2.93. The maximum atomic E-state index is 12.2. The number of anilines is 2. The number of carbonyl (C=O) groups excluding carboxylic acids is 2. The van der Waals surface area contributed by atoms with Crippen LogP contribution in [0.15, 0.2) is 42.6 Å². The number of rotatable bonds is 3. The summed E-state index contributed by atoms with van der Waals surface area (Å²) in [6.07, 6.45) is 2.70. The van der Waals surface area contributed by atoms with Crippen LogP contribution in [0, 0.1) is 0 Å². The van der Waals surface area contributed by atoms with Gasteiger partial charge in [0.2, 0.25) is 11.8 Å². The van der Waals surface area contributed by atoms with E-state index in [-0.39, 0.29) is 18.2 Å². The molecule has 0 aliphatic carbocycles. The minimum absolute atomic E-state index is 0.00910. The zero-order chi connectivity index (χ0) is 15.5. The van der Waals surface area contributed by atoms with Crippen LogP contribution >= 0.6 is 0 Å². The Balaban J connectivity index is 1.80. The number of nitrogens with zero attached hydrogens (tertiary/aromatic N) is 2. The molecule has 1 aliphatic rings. The highest BCUT2D eigenvalue weighted by atomic mass is 16.2. The van der Waals surface area contributed by atoms with Crippen LogP contribution in [-0.4, -0.2) is 23.3 Å². The molecular weight excluding hydrogens is 278 g/mol. The molecule has 0 spiro atoms. The molecule has 1 aromatic heterocycles. The standard InChI is InChI=1S/C17H17N3O2/c1-12(21)20-10-8-13-5-4-7-15(17(13)20)19-16(22)11-14-6-2-3-9-18-14/h2-7,9H,8,10-11H2,1H3,(H,19,22). The number of amides is 2. The predicted molar refractivity (Wildman–Crippen MR) is 84.7 cm³/mol. The number of aromatic nitrogens is 1. The van der Waals surface area contributed by atoms with Gasteiger partial charge in [0, 0.05) is 25.4 Å². The lowest BCUT2D eigenvalue weighted by Crippen LogP contribution is -2.27. The van der Waals surface area contributed by atoms with Crippen LogP contribution in [0.25, 0.3) is 0 Å². The molecule has 0 bridgehead atoms. The van der Waals surface area contributed by atoms with Crippen molar-refractivity contribution in [3.05, 3.63) is 53.9 Å². The molecule has 5 heteroatoms. The van der Waals surface area contributed by atoms with E-state index in [1.807, 2.05) is 36.4 Å². The minimum Gasteiger partial charge on any atom is -0.324 e. The van der Waals surface area contributed by atoms with Crippen LogP contribution in [-0.2, 0) is 22.4 Å². The summed E-state index contributed by atoms with van der Waals surface area (Å²) in [4.78, 5) is 29.8. The van der Waals surface area contributed by atoms with Crippen molar-refractivity contribution >= 4 is 23.2 Å². The summed E-state index contributed by atoms with van der Waals surface area (Å²) in [6, 6.07) is 11.2. The van der Waals surface area contributed by atoms with E-state index >= 15 is 0 Å². The normalized spacial score (nSPS) is 12.9. The minimum atomic E-state index is -0.137. The van der Waals surface area contributed by atoms with Crippen molar-refractivity contribution in [2.24, 2.45) is 0 Å². The second-order valence-corrected chi connectivity index (χ2v) is 5.28. The maximum absolute atomic E-state index is 12.2. The number of benzene rings is 1. The Morgan fingerprint density at radius 3 is 2.82 bits per heavy atom. The molecule has 112 valence electrons. The third-order valence-electron chi connectivity index (χ3n) is 3.72. The van der Waals surface area contributed by atoms with Crippen LogP contribution < -0.4 is 10.2 Å². The Morgan fingerprint density at radius 2 is 2.09 bits per heavy atom. The molecule has 0 saturated carbocycles. The average molecular weight is 295 g/mol. The van der Waals surface area contributed by atoms with E-state index in [1.165, 1.54) is 0 Å². The molecule has 0 unspecified atom stereocenters. The van der Waals surface area contributed by atoms with Gasteiger partial charge >= 0.3 is 0 Å². The van der Waals surface area contributed by atoms with Gasteiger partial charge in [-0.05, 0) is 30.2 Å². The van der Waals surface area contributed by atoms with Crippen LogP contribution in [0.4, 0.5) is 11.4 Å². The zero-order valence-electron chi connectivity index (χ0n) is 12.4. The molecule has 0 radical (unpaired) electrons. The topological polar surface area (TPSA) is 62.3 Å². The second kappa shape index (κ2) is 5.97. The van der Waals surface area contributed by atoms with Gasteiger partial charge in [0.05, 0.1) is 17.8 Å². The summed E-state index contributed by atoms with van der Waals surface area (Å²) >= 11 is 0. The SMILES string of the molecule is CC(=O)N1CCc2cccc(NC(=O)Cc3ccccn3)c21. The van der Waals surface area contributed by atoms with Crippen molar-refractivity contribution < 1.29 is 9.59 Å². The Labute approximate surface area is 129 Å². The van der Waals surface area contributed by atoms with E-state index in [0.29, 0.717) is 12.2 Å². The number of hydrogen-bond acceptors (Lipinski definition) is 3. The fourth-order valence-corrected chi connectivity index (χ4v) is 2.73. The monoisotopic (exact) mass is 295 g/mol. The Morgan fingerprint density at radius 1 is 1.23 bits per heavy atom. The van der Waals surface area contributed by atoms with E-state index in [1.54, 1.807) is 18.0 Å². The molecule has 0 saturated heterocycles. The fourth-order valence-electron chi connectivity index (χ4n) is 2.73. The van der Waals surface area contributed by atoms with Crippen molar-refractivity contribution in [1.29, 1.82) is 0 Å². The number of pyridine rings is 1. The van der Waals surface area contributed by atoms with Gasteiger partial charge in [0.1, 0.15) is 0 Å². The summed E-state index contributed by atoms with van der Waals surface area (Å²) in [6.45, 7) is 2.21. The molecule has 1 aliphatic heterocycles. The highest BCUT2D eigenvalue weighted by molar-refractivity contribution is 6.02. The molecule has 2 amide bonds. The van der Waals surface area contributed by atoms with Crippen molar-refractivity contribution in [2.75, 3.05) is 16.8 Å². The predicted octanol–water partition coefficient (Wildman–Crippen LogP) is 2.17. The third kappa shape index (κ3) is 2.83. The Hall–Kier alpha value is -2.69. The molecule has 5 nitrogen and oxygen atoms in total. The third-order valence-corrected chi connectivity index (χ3v) is 3.72. The quantitative estimate of drug-likeness (QED) is 0.944. The number of hydrogen-bond donors (Lipinski definition) is 1. The first-order valence-electron chi connectivity index (χ1n) is 7.25. The van der Waals surface area contributed by atoms with Crippen molar-refractivity contribution in [3.63, 3.8) is 0 Å². The highest BCUT2D eigenvalue weighted by Crippen LogP contribution is 2.35. The Bertz CT molecular complexity index is 713. The summed E-state index contributed by atoms with van der Waals surface area (Å²) < 4.78 is 0. The second-order valence-electron chi connectivity index (χ2n) is 5.28. The summed E-state index contributed by atoms with van der Waals surface area (Å²) in [5, 5.41) is 2.90. The zero-order valence-corrected chi connectivity index (χ0v) is 12.4. The van der Waals surface area contributed by atoms with Gasteiger partial charge in [-0.15, -0.1) is 0 Å². The maximum Gasteiger partial charge on any atom is 0.230 e. The van der Waals surface area contributed by atoms with Gasteiger partial charge in [-0.25, -0.2) is 0 Å². The van der Waals surface area contributed by atoms with Crippen molar-refractivity contribution in [2.45, 2.75) is 19.8 Å². The van der Waals surface area contributed by atoms with E-state index in [0.717, 1.165) is 23.4 Å². The number of para-hydroxylation sites is 1. The molecule has 2 aromatic rings. The first-order chi connectivity index (χ1) is 10.6. The molecule has 2 heterocycles. The molecule has 1 aromatic carbocycles. The summed E-state index contributed by atoms with van der Waals surface area (Å²) in [7, 11) is 0. The van der Waals surface area contributed by atoms with Gasteiger partial charge in [-0.2, -0.15) is 0 Å². The van der Waals surface area contributed by atoms with Gasteiger partial charge < -0.3 is 10.2 Å².